The lowest BCUT2D eigenvalue weighted by Crippen LogP contribution is -2.32. The number of ether oxygens (including phenoxy) is 1. The summed E-state index contributed by atoms with van der Waals surface area (Å²) in [4.78, 5) is 0. The Labute approximate surface area is 110 Å². The van der Waals surface area contributed by atoms with Gasteiger partial charge in [0.25, 0.3) is 0 Å². The summed E-state index contributed by atoms with van der Waals surface area (Å²) in [5.41, 5.74) is 2.63. The maximum atomic E-state index is 5.80. The smallest absolute Gasteiger partial charge is 0.0719 e. The van der Waals surface area contributed by atoms with Gasteiger partial charge < -0.3 is 10.1 Å². The zero-order valence-corrected chi connectivity index (χ0v) is 11.3. The lowest BCUT2D eigenvalue weighted by Gasteiger charge is -2.22. The number of hydrogen-bond donors (Lipinski definition) is 1. The number of rotatable bonds is 4. The molecule has 1 aromatic carbocycles. The van der Waals surface area contributed by atoms with Crippen LogP contribution in [0.3, 0.4) is 0 Å². The highest BCUT2D eigenvalue weighted by atomic mass is 35.5. The van der Waals surface area contributed by atoms with Crippen molar-refractivity contribution in [2.24, 2.45) is 5.92 Å². The predicted octanol–water partition coefficient (Wildman–Crippen LogP) is 2.93. The van der Waals surface area contributed by atoms with E-state index >= 15 is 0 Å². The fraction of sp³-hybridized carbons (Fsp3) is 0.571. The summed E-state index contributed by atoms with van der Waals surface area (Å²) in [7, 11) is 0. The molecular formula is C14H22ClNO. The molecule has 1 saturated heterocycles. The van der Waals surface area contributed by atoms with Gasteiger partial charge in [0.1, 0.15) is 0 Å². The van der Waals surface area contributed by atoms with Crippen LogP contribution >= 0.6 is 12.4 Å². The largest absolute Gasteiger partial charge is 0.376 e. The maximum absolute atomic E-state index is 5.80. The van der Waals surface area contributed by atoms with E-state index < -0.39 is 0 Å². The second-order valence-electron chi connectivity index (χ2n) is 4.65. The van der Waals surface area contributed by atoms with Crippen LogP contribution in [0.2, 0.25) is 0 Å². The number of halogens is 1. The van der Waals surface area contributed by atoms with Crippen molar-refractivity contribution in [2.75, 3.05) is 19.7 Å². The fourth-order valence-electron chi connectivity index (χ4n) is 2.17. The average Bonchev–Trinajstić information content (AvgIpc) is 2.33. The molecule has 0 radical (unpaired) electrons. The number of aryl methyl sites for hydroxylation is 1. The quantitative estimate of drug-likeness (QED) is 0.893. The van der Waals surface area contributed by atoms with E-state index in [1.807, 2.05) is 0 Å². The van der Waals surface area contributed by atoms with Gasteiger partial charge in [-0.25, -0.2) is 0 Å². The van der Waals surface area contributed by atoms with Crippen molar-refractivity contribution < 1.29 is 4.74 Å². The molecule has 1 N–H and O–H groups in total. The summed E-state index contributed by atoms with van der Waals surface area (Å²) in [6, 6.07) is 8.44. The lowest BCUT2D eigenvalue weighted by atomic mass is 10.0. The Morgan fingerprint density at radius 2 is 2.18 bits per heavy atom. The minimum Gasteiger partial charge on any atom is -0.376 e. The number of piperidine rings is 1. The molecule has 0 spiro atoms. The molecule has 1 heterocycles. The van der Waals surface area contributed by atoms with Gasteiger partial charge in [-0.05, 0) is 43.4 Å². The second-order valence-corrected chi connectivity index (χ2v) is 4.65. The number of benzene rings is 1. The van der Waals surface area contributed by atoms with E-state index in [1.165, 1.54) is 30.5 Å². The summed E-state index contributed by atoms with van der Waals surface area (Å²) in [5, 5.41) is 3.41. The maximum Gasteiger partial charge on any atom is 0.0719 e. The van der Waals surface area contributed by atoms with Gasteiger partial charge in [0.2, 0.25) is 0 Å². The molecule has 1 aliphatic heterocycles. The van der Waals surface area contributed by atoms with Crippen molar-refractivity contribution in [3.05, 3.63) is 35.4 Å². The van der Waals surface area contributed by atoms with Crippen LogP contribution in [0.1, 0.15) is 24.0 Å². The molecule has 1 fully saturated rings. The first-order valence-corrected chi connectivity index (χ1v) is 6.19. The van der Waals surface area contributed by atoms with Crippen molar-refractivity contribution >= 4 is 12.4 Å². The van der Waals surface area contributed by atoms with Crippen LogP contribution in [0.25, 0.3) is 0 Å². The molecule has 96 valence electrons. The van der Waals surface area contributed by atoms with Crippen molar-refractivity contribution in [2.45, 2.75) is 26.4 Å². The van der Waals surface area contributed by atoms with Crippen LogP contribution in [0.5, 0.6) is 0 Å². The molecule has 2 rings (SSSR count). The molecule has 0 aromatic heterocycles. The highest BCUT2D eigenvalue weighted by molar-refractivity contribution is 5.85. The number of nitrogens with one attached hydrogen (secondary N) is 1. The zero-order chi connectivity index (χ0) is 11.2. The first-order chi connectivity index (χ1) is 7.86. The molecule has 0 bridgehead atoms. The SMILES string of the molecule is Cc1ccccc1COCC1CCCNC1.Cl. The Morgan fingerprint density at radius 3 is 2.88 bits per heavy atom. The minimum atomic E-state index is 0. The van der Waals surface area contributed by atoms with Gasteiger partial charge in [0.05, 0.1) is 13.2 Å². The molecule has 1 aliphatic rings. The summed E-state index contributed by atoms with van der Waals surface area (Å²) < 4.78 is 5.80. The van der Waals surface area contributed by atoms with Crippen molar-refractivity contribution in [1.82, 2.24) is 5.32 Å². The third-order valence-electron chi connectivity index (χ3n) is 3.27. The van der Waals surface area contributed by atoms with Gasteiger partial charge in [-0.15, -0.1) is 12.4 Å². The van der Waals surface area contributed by atoms with Crippen molar-refractivity contribution in [1.29, 1.82) is 0 Å². The monoisotopic (exact) mass is 255 g/mol. The standard InChI is InChI=1S/C14H21NO.ClH/c1-12-5-2-3-7-14(12)11-16-10-13-6-4-8-15-9-13;/h2-3,5,7,13,15H,4,6,8-11H2,1H3;1H. The first kappa shape index (κ1) is 14.5. The third kappa shape index (κ3) is 4.66. The fourth-order valence-corrected chi connectivity index (χ4v) is 2.17. The molecule has 0 saturated carbocycles. The van der Waals surface area contributed by atoms with Crippen molar-refractivity contribution in [3.8, 4) is 0 Å². The lowest BCUT2D eigenvalue weighted by molar-refractivity contribution is 0.0780. The molecule has 1 atom stereocenters. The third-order valence-corrected chi connectivity index (χ3v) is 3.27. The first-order valence-electron chi connectivity index (χ1n) is 6.19. The van der Waals surface area contributed by atoms with E-state index in [2.05, 4.69) is 36.5 Å². The molecule has 0 amide bonds. The second kappa shape index (κ2) is 7.70. The Bertz CT molecular complexity index is 324. The molecule has 0 aliphatic carbocycles. The van der Waals surface area contributed by atoms with Gasteiger partial charge in [-0.3, -0.25) is 0 Å². The van der Waals surface area contributed by atoms with E-state index in [4.69, 9.17) is 4.74 Å². The molecule has 2 nitrogen and oxygen atoms in total. The van der Waals surface area contributed by atoms with E-state index in [9.17, 15) is 0 Å². The van der Waals surface area contributed by atoms with Gasteiger partial charge in [-0.1, -0.05) is 24.3 Å². The van der Waals surface area contributed by atoms with Gasteiger partial charge in [0.15, 0.2) is 0 Å². The zero-order valence-electron chi connectivity index (χ0n) is 10.4. The summed E-state index contributed by atoms with van der Waals surface area (Å²) in [5.74, 6) is 0.706. The average molecular weight is 256 g/mol. The molecular weight excluding hydrogens is 234 g/mol. The predicted molar refractivity (Wildman–Crippen MR) is 73.7 cm³/mol. The van der Waals surface area contributed by atoms with Crippen LogP contribution in [0.4, 0.5) is 0 Å². The summed E-state index contributed by atoms with van der Waals surface area (Å²) in [6.07, 6.45) is 2.60. The van der Waals surface area contributed by atoms with E-state index in [0.717, 1.165) is 19.8 Å². The van der Waals surface area contributed by atoms with Crippen LogP contribution < -0.4 is 5.32 Å². The Balaban J connectivity index is 0.00000144. The van der Waals surface area contributed by atoms with Gasteiger partial charge in [0, 0.05) is 6.54 Å². The topological polar surface area (TPSA) is 21.3 Å². The van der Waals surface area contributed by atoms with Crippen LogP contribution in [-0.2, 0) is 11.3 Å². The summed E-state index contributed by atoms with van der Waals surface area (Å²) in [6.45, 7) is 6.08. The van der Waals surface area contributed by atoms with E-state index in [-0.39, 0.29) is 12.4 Å². The number of hydrogen-bond acceptors (Lipinski definition) is 2. The van der Waals surface area contributed by atoms with Gasteiger partial charge >= 0.3 is 0 Å². The molecule has 1 aromatic rings. The van der Waals surface area contributed by atoms with E-state index in [0.29, 0.717) is 5.92 Å². The Kier molecular flexibility index (Phi) is 6.56. The van der Waals surface area contributed by atoms with Crippen LogP contribution in [0.15, 0.2) is 24.3 Å². The van der Waals surface area contributed by atoms with Gasteiger partial charge in [-0.2, -0.15) is 0 Å². The van der Waals surface area contributed by atoms with Crippen LogP contribution in [0, 0.1) is 12.8 Å². The van der Waals surface area contributed by atoms with Crippen LogP contribution in [-0.4, -0.2) is 19.7 Å². The molecule has 1 unspecified atom stereocenters. The Hall–Kier alpha value is -0.570. The molecule has 3 heteroatoms. The Morgan fingerprint density at radius 1 is 1.35 bits per heavy atom. The minimum absolute atomic E-state index is 0. The normalized spacial score (nSPS) is 19.7. The highest BCUT2D eigenvalue weighted by Gasteiger charge is 2.12. The highest BCUT2D eigenvalue weighted by Crippen LogP contribution is 2.13. The molecule has 17 heavy (non-hydrogen) atoms. The van der Waals surface area contributed by atoms with Crippen molar-refractivity contribution in [3.63, 3.8) is 0 Å². The summed E-state index contributed by atoms with van der Waals surface area (Å²) >= 11 is 0. The van der Waals surface area contributed by atoms with E-state index in [1.54, 1.807) is 0 Å².